The summed E-state index contributed by atoms with van der Waals surface area (Å²) in [4.78, 5) is 27.5. The predicted molar refractivity (Wildman–Crippen MR) is 115 cm³/mol. The van der Waals surface area contributed by atoms with Crippen molar-refractivity contribution >= 4 is 21.8 Å². The van der Waals surface area contributed by atoms with E-state index in [9.17, 15) is 22.4 Å². The van der Waals surface area contributed by atoms with Gasteiger partial charge >= 0.3 is 0 Å². The molecule has 0 saturated carbocycles. The zero-order chi connectivity index (χ0) is 22.6. The second-order valence-corrected chi connectivity index (χ2v) is 9.84. The third kappa shape index (κ3) is 5.29. The lowest BCUT2D eigenvalue weighted by Gasteiger charge is -2.46. The van der Waals surface area contributed by atoms with E-state index >= 15 is 0 Å². The van der Waals surface area contributed by atoms with Crippen LogP contribution in [0.15, 0.2) is 54.6 Å². The maximum absolute atomic E-state index is 14.0. The SMILES string of the molecule is CC1(C(=O)NCc2ccccc2)CN(S(C)(=O)=O)CC(=O)N1CCc1ccccc1F. The summed E-state index contributed by atoms with van der Waals surface area (Å²) in [7, 11) is -3.68. The van der Waals surface area contributed by atoms with E-state index in [1.807, 2.05) is 30.3 Å². The molecule has 1 aliphatic rings. The predicted octanol–water partition coefficient (Wildman–Crippen LogP) is 1.55. The van der Waals surface area contributed by atoms with Gasteiger partial charge in [0.05, 0.1) is 12.8 Å². The molecular formula is C22H26FN3O4S. The van der Waals surface area contributed by atoms with Crippen molar-refractivity contribution in [1.82, 2.24) is 14.5 Å². The molecule has 2 aromatic carbocycles. The van der Waals surface area contributed by atoms with Crippen molar-refractivity contribution in [2.45, 2.75) is 25.4 Å². The molecule has 1 fully saturated rings. The lowest BCUT2D eigenvalue weighted by Crippen LogP contribution is -2.69. The van der Waals surface area contributed by atoms with Crippen LogP contribution in [-0.2, 0) is 32.6 Å². The number of nitrogens with one attached hydrogen (secondary N) is 1. The number of halogens is 1. The Morgan fingerprint density at radius 2 is 1.77 bits per heavy atom. The van der Waals surface area contributed by atoms with Gasteiger partial charge in [0, 0.05) is 19.6 Å². The lowest BCUT2D eigenvalue weighted by atomic mass is 9.94. The van der Waals surface area contributed by atoms with E-state index in [4.69, 9.17) is 0 Å². The molecule has 1 atom stereocenters. The molecule has 1 unspecified atom stereocenters. The molecule has 0 aliphatic carbocycles. The summed E-state index contributed by atoms with van der Waals surface area (Å²) in [5.74, 6) is -1.35. The van der Waals surface area contributed by atoms with Crippen molar-refractivity contribution in [3.8, 4) is 0 Å². The average molecular weight is 448 g/mol. The number of rotatable bonds is 7. The number of carbonyl (C=O) groups is 2. The molecule has 1 saturated heterocycles. The Bertz CT molecular complexity index is 1060. The fraction of sp³-hybridized carbons (Fsp3) is 0.364. The second kappa shape index (κ2) is 9.15. The van der Waals surface area contributed by atoms with Gasteiger partial charge in [0.15, 0.2) is 0 Å². The molecule has 3 rings (SSSR count). The maximum Gasteiger partial charge on any atom is 0.247 e. The molecule has 2 aromatic rings. The van der Waals surface area contributed by atoms with Crippen molar-refractivity contribution < 1.29 is 22.4 Å². The van der Waals surface area contributed by atoms with Gasteiger partial charge in [-0.25, -0.2) is 12.8 Å². The summed E-state index contributed by atoms with van der Waals surface area (Å²) in [6.07, 6.45) is 1.22. The third-order valence-corrected chi connectivity index (χ3v) is 6.71. The summed E-state index contributed by atoms with van der Waals surface area (Å²) in [6, 6.07) is 15.5. The minimum atomic E-state index is -3.68. The Morgan fingerprint density at radius 3 is 2.42 bits per heavy atom. The van der Waals surface area contributed by atoms with E-state index in [0.717, 1.165) is 16.1 Å². The number of amides is 2. The second-order valence-electron chi connectivity index (χ2n) is 7.86. The largest absolute Gasteiger partial charge is 0.350 e. The molecule has 0 aromatic heterocycles. The average Bonchev–Trinajstić information content (AvgIpc) is 2.72. The van der Waals surface area contributed by atoms with Crippen LogP contribution in [0.4, 0.5) is 4.39 Å². The van der Waals surface area contributed by atoms with E-state index < -0.39 is 27.4 Å². The molecule has 0 radical (unpaired) electrons. The van der Waals surface area contributed by atoms with Crippen LogP contribution in [0.25, 0.3) is 0 Å². The number of hydrogen-bond acceptors (Lipinski definition) is 4. The van der Waals surface area contributed by atoms with Gasteiger partial charge in [0.1, 0.15) is 11.4 Å². The number of hydrogen-bond donors (Lipinski definition) is 1. The Labute approximate surface area is 181 Å². The Kier molecular flexibility index (Phi) is 6.76. The summed E-state index contributed by atoms with van der Waals surface area (Å²) < 4.78 is 39.3. The van der Waals surface area contributed by atoms with Crippen LogP contribution in [0.5, 0.6) is 0 Å². The maximum atomic E-state index is 14.0. The van der Waals surface area contributed by atoms with Crippen LogP contribution >= 0.6 is 0 Å². The van der Waals surface area contributed by atoms with Crippen LogP contribution in [-0.4, -0.2) is 60.9 Å². The van der Waals surface area contributed by atoms with Gasteiger partial charge in [-0.3, -0.25) is 9.59 Å². The topological polar surface area (TPSA) is 86.8 Å². The van der Waals surface area contributed by atoms with E-state index in [-0.39, 0.29) is 38.4 Å². The van der Waals surface area contributed by atoms with Gasteiger partial charge in [0.2, 0.25) is 21.8 Å². The van der Waals surface area contributed by atoms with E-state index in [1.54, 1.807) is 25.1 Å². The van der Waals surface area contributed by atoms with Gasteiger partial charge in [-0.2, -0.15) is 4.31 Å². The summed E-state index contributed by atoms with van der Waals surface area (Å²) in [5.41, 5.74) is -0.134. The quantitative estimate of drug-likeness (QED) is 0.698. The number of sulfonamides is 1. The number of benzene rings is 2. The molecule has 0 spiro atoms. The van der Waals surface area contributed by atoms with Crippen molar-refractivity contribution in [2.75, 3.05) is 25.9 Å². The zero-order valence-electron chi connectivity index (χ0n) is 17.5. The van der Waals surface area contributed by atoms with Crippen LogP contribution < -0.4 is 5.32 Å². The van der Waals surface area contributed by atoms with Crippen molar-refractivity contribution in [2.24, 2.45) is 0 Å². The lowest BCUT2D eigenvalue weighted by molar-refractivity contribution is -0.152. The number of carbonyl (C=O) groups excluding carboxylic acids is 2. The standard InChI is InChI=1S/C22H26FN3O4S/c1-22(21(28)24-14-17-8-4-3-5-9-17)16-25(31(2,29)30)15-20(27)26(22)13-12-18-10-6-7-11-19(18)23/h3-11H,12-16H2,1-2H3,(H,24,28). The Morgan fingerprint density at radius 1 is 1.13 bits per heavy atom. The minimum Gasteiger partial charge on any atom is -0.350 e. The van der Waals surface area contributed by atoms with Gasteiger partial charge < -0.3 is 10.2 Å². The molecule has 1 heterocycles. The molecule has 2 amide bonds. The fourth-order valence-corrected chi connectivity index (χ4v) is 4.53. The highest BCUT2D eigenvalue weighted by molar-refractivity contribution is 7.88. The molecule has 0 bridgehead atoms. The Balaban J connectivity index is 1.84. The van der Waals surface area contributed by atoms with Crippen LogP contribution in [0.2, 0.25) is 0 Å². The monoisotopic (exact) mass is 447 g/mol. The van der Waals surface area contributed by atoms with Crippen molar-refractivity contribution in [3.63, 3.8) is 0 Å². The normalized spacial score (nSPS) is 20.0. The first-order valence-corrected chi connectivity index (χ1v) is 11.8. The highest BCUT2D eigenvalue weighted by Crippen LogP contribution is 2.25. The summed E-state index contributed by atoms with van der Waals surface area (Å²) in [6.45, 7) is 1.35. The molecule has 1 aliphatic heterocycles. The zero-order valence-corrected chi connectivity index (χ0v) is 18.4. The first kappa shape index (κ1) is 22.9. The third-order valence-electron chi connectivity index (χ3n) is 5.51. The molecule has 7 nitrogen and oxygen atoms in total. The fourth-order valence-electron chi connectivity index (χ4n) is 3.70. The van der Waals surface area contributed by atoms with Gasteiger partial charge in [-0.15, -0.1) is 0 Å². The number of nitrogens with zero attached hydrogens (tertiary/aromatic N) is 2. The molecule has 9 heteroatoms. The van der Waals surface area contributed by atoms with Gasteiger partial charge in [-0.05, 0) is 30.5 Å². The minimum absolute atomic E-state index is 0.0899. The number of piperazine rings is 1. The van der Waals surface area contributed by atoms with E-state index in [1.165, 1.54) is 11.0 Å². The molecule has 166 valence electrons. The smallest absolute Gasteiger partial charge is 0.247 e. The van der Waals surface area contributed by atoms with Gasteiger partial charge in [0.25, 0.3) is 0 Å². The molecular weight excluding hydrogens is 421 g/mol. The van der Waals surface area contributed by atoms with Crippen LogP contribution in [0.1, 0.15) is 18.1 Å². The highest BCUT2D eigenvalue weighted by atomic mass is 32.2. The van der Waals surface area contributed by atoms with Crippen molar-refractivity contribution in [1.29, 1.82) is 0 Å². The van der Waals surface area contributed by atoms with E-state index in [0.29, 0.717) is 5.56 Å². The van der Waals surface area contributed by atoms with Crippen LogP contribution in [0, 0.1) is 5.82 Å². The Hall–Kier alpha value is -2.78. The van der Waals surface area contributed by atoms with E-state index in [2.05, 4.69) is 5.32 Å². The first-order chi connectivity index (χ1) is 14.6. The molecule has 31 heavy (non-hydrogen) atoms. The first-order valence-electron chi connectivity index (χ1n) is 9.92. The molecule has 1 N–H and O–H groups in total. The van der Waals surface area contributed by atoms with Crippen LogP contribution in [0.3, 0.4) is 0 Å². The summed E-state index contributed by atoms with van der Waals surface area (Å²) >= 11 is 0. The van der Waals surface area contributed by atoms with Crippen molar-refractivity contribution in [3.05, 3.63) is 71.5 Å². The summed E-state index contributed by atoms with van der Waals surface area (Å²) in [5, 5.41) is 2.81. The van der Waals surface area contributed by atoms with Gasteiger partial charge in [-0.1, -0.05) is 48.5 Å². The highest BCUT2D eigenvalue weighted by Gasteiger charge is 2.49.